The van der Waals surface area contributed by atoms with Crippen LogP contribution in [0.25, 0.3) is 0 Å². The minimum Gasteiger partial charge on any atom is -0.387 e. The summed E-state index contributed by atoms with van der Waals surface area (Å²) in [5, 5.41) is 7.11. The van der Waals surface area contributed by atoms with Gasteiger partial charge in [-0.2, -0.15) is 0 Å². The van der Waals surface area contributed by atoms with Gasteiger partial charge in [0.25, 0.3) is 0 Å². The SMILES string of the molecule is CC(C(=N)N)C(=O)c1ccc(F)cc1. The smallest absolute Gasteiger partial charge is 0.173 e. The van der Waals surface area contributed by atoms with Crippen molar-refractivity contribution in [1.29, 1.82) is 5.41 Å². The number of carbonyl (C=O) groups excluding carboxylic acids is 1. The Morgan fingerprint density at radius 3 is 2.36 bits per heavy atom. The molecule has 1 rings (SSSR count). The molecule has 0 bridgehead atoms. The van der Waals surface area contributed by atoms with E-state index in [4.69, 9.17) is 11.1 Å². The highest BCUT2D eigenvalue weighted by Crippen LogP contribution is 2.09. The van der Waals surface area contributed by atoms with E-state index in [2.05, 4.69) is 0 Å². The Kier molecular flexibility index (Phi) is 2.96. The summed E-state index contributed by atoms with van der Waals surface area (Å²) in [5.41, 5.74) is 5.56. The molecule has 1 aromatic carbocycles. The van der Waals surface area contributed by atoms with Crippen molar-refractivity contribution in [2.24, 2.45) is 11.7 Å². The van der Waals surface area contributed by atoms with E-state index in [9.17, 15) is 9.18 Å². The Bertz CT molecular complexity index is 359. The van der Waals surface area contributed by atoms with Crippen LogP contribution in [-0.2, 0) is 0 Å². The zero-order valence-corrected chi connectivity index (χ0v) is 7.75. The fourth-order valence-electron chi connectivity index (χ4n) is 1.01. The number of hydrogen-bond donors (Lipinski definition) is 2. The van der Waals surface area contributed by atoms with Crippen LogP contribution in [0.15, 0.2) is 24.3 Å². The lowest BCUT2D eigenvalue weighted by molar-refractivity contribution is 0.0961. The summed E-state index contributed by atoms with van der Waals surface area (Å²) < 4.78 is 12.5. The van der Waals surface area contributed by atoms with Crippen molar-refractivity contribution < 1.29 is 9.18 Å². The number of carbonyl (C=O) groups is 1. The number of ketones is 1. The van der Waals surface area contributed by atoms with Gasteiger partial charge in [0, 0.05) is 5.56 Å². The van der Waals surface area contributed by atoms with Gasteiger partial charge in [0.05, 0.1) is 5.92 Å². The fraction of sp³-hybridized carbons (Fsp3) is 0.200. The van der Waals surface area contributed by atoms with Crippen molar-refractivity contribution >= 4 is 11.6 Å². The largest absolute Gasteiger partial charge is 0.387 e. The van der Waals surface area contributed by atoms with E-state index in [0.717, 1.165) is 0 Å². The zero-order chi connectivity index (χ0) is 10.7. The number of hydrogen-bond acceptors (Lipinski definition) is 2. The Labute approximate surface area is 81.2 Å². The number of benzene rings is 1. The number of halogens is 1. The van der Waals surface area contributed by atoms with Gasteiger partial charge in [0.15, 0.2) is 5.78 Å². The predicted molar refractivity (Wildman–Crippen MR) is 51.8 cm³/mol. The van der Waals surface area contributed by atoms with Crippen LogP contribution < -0.4 is 5.73 Å². The maximum atomic E-state index is 12.5. The van der Waals surface area contributed by atoms with Gasteiger partial charge in [-0.25, -0.2) is 4.39 Å². The molecule has 1 aromatic rings. The van der Waals surface area contributed by atoms with Gasteiger partial charge in [-0.05, 0) is 31.2 Å². The molecular weight excluding hydrogens is 183 g/mol. The minimum atomic E-state index is -0.652. The molecule has 0 saturated carbocycles. The van der Waals surface area contributed by atoms with Crippen LogP contribution in [0.5, 0.6) is 0 Å². The second-order valence-electron chi connectivity index (χ2n) is 3.05. The van der Waals surface area contributed by atoms with E-state index in [0.29, 0.717) is 5.56 Å². The molecule has 1 atom stereocenters. The lowest BCUT2D eigenvalue weighted by atomic mass is 9.99. The van der Waals surface area contributed by atoms with Crippen LogP contribution in [-0.4, -0.2) is 11.6 Å². The van der Waals surface area contributed by atoms with Crippen LogP contribution in [0, 0.1) is 17.1 Å². The molecule has 0 aliphatic carbocycles. The van der Waals surface area contributed by atoms with E-state index in [1.165, 1.54) is 24.3 Å². The van der Waals surface area contributed by atoms with E-state index in [-0.39, 0.29) is 11.6 Å². The second kappa shape index (κ2) is 4.00. The summed E-state index contributed by atoms with van der Waals surface area (Å²) in [6.07, 6.45) is 0. The summed E-state index contributed by atoms with van der Waals surface area (Å²) in [7, 11) is 0. The molecule has 0 aliphatic heterocycles. The Balaban J connectivity index is 2.90. The summed E-state index contributed by atoms with van der Waals surface area (Å²) in [6.45, 7) is 1.55. The Morgan fingerprint density at radius 1 is 1.43 bits per heavy atom. The van der Waals surface area contributed by atoms with Crippen molar-refractivity contribution in [3.8, 4) is 0 Å². The average molecular weight is 194 g/mol. The van der Waals surface area contributed by atoms with Crippen LogP contribution in [0.1, 0.15) is 17.3 Å². The standard InChI is InChI=1S/C10H11FN2O/c1-6(10(12)13)9(14)7-2-4-8(11)5-3-7/h2-6H,1H3,(H3,12,13). The molecule has 0 saturated heterocycles. The first-order valence-electron chi connectivity index (χ1n) is 4.16. The number of amidine groups is 1. The molecule has 14 heavy (non-hydrogen) atoms. The highest BCUT2D eigenvalue weighted by atomic mass is 19.1. The summed E-state index contributed by atoms with van der Waals surface area (Å²) in [5.74, 6) is -1.49. The third-order valence-corrected chi connectivity index (χ3v) is 1.99. The molecule has 3 N–H and O–H groups in total. The summed E-state index contributed by atoms with van der Waals surface area (Å²) >= 11 is 0. The monoisotopic (exact) mass is 194 g/mol. The molecule has 0 spiro atoms. The molecule has 3 nitrogen and oxygen atoms in total. The number of rotatable bonds is 3. The molecule has 74 valence electrons. The molecule has 4 heteroatoms. The highest BCUT2D eigenvalue weighted by Gasteiger charge is 2.17. The van der Waals surface area contributed by atoms with Crippen molar-refractivity contribution in [3.63, 3.8) is 0 Å². The second-order valence-corrected chi connectivity index (χ2v) is 3.05. The maximum absolute atomic E-state index is 12.5. The lowest BCUT2D eigenvalue weighted by Gasteiger charge is -2.07. The van der Waals surface area contributed by atoms with Crippen molar-refractivity contribution in [1.82, 2.24) is 0 Å². The van der Waals surface area contributed by atoms with E-state index in [1.807, 2.05) is 0 Å². The maximum Gasteiger partial charge on any atom is 0.173 e. The van der Waals surface area contributed by atoms with Crippen LogP contribution in [0.3, 0.4) is 0 Å². The first-order chi connectivity index (χ1) is 6.52. The quantitative estimate of drug-likeness (QED) is 0.436. The lowest BCUT2D eigenvalue weighted by Crippen LogP contribution is -2.27. The summed E-state index contributed by atoms with van der Waals surface area (Å²) in [6, 6.07) is 5.19. The van der Waals surface area contributed by atoms with E-state index < -0.39 is 11.7 Å². The van der Waals surface area contributed by atoms with Crippen molar-refractivity contribution in [2.45, 2.75) is 6.92 Å². The first-order valence-corrected chi connectivity index (χ1v) is 4.16. The van der Waals surface area contributed by atoms with Gasteiger partial charge in [-0.3, -0.25) is 10.2 Å². The number of nitrogens with one attached hydrogen (secondary N) is 1. The van der Waals surface area contributed by atoms with Gasteiger partial charge in [-0.1, -0.05) is 0 Å². The van der Waals surface area contributed by atoms with Crippen LogP contribution in [0.2, 0.25) is 0 Å². The molecule has 0 radical (unpaired) electrons. The van der Waals surface area contributed by atoms with Gasteiger partial charge in [0.1, 0.15) is 11.7 Å². The van der Waals surface area contributed by atoms with Gasteiger partial charge in [-0.15, -0.1) is 0 Å². The molecule has 0 heterocycles. The molecule has 1 unspecified atom stereocenters. The number of nitrogens with two attached hydrogens (primary N) is 1. The molecule has 0 aliphatic rings. The molecule has 0 fully saturated rings. The predicted octanol–water partition coefficient (Wildman–Crippen LogP) is 1.58. The fourth-order valence-corrected chi connectivity index (χ4v) is 1.01. The normalized spacial score (nSPS) is 12.1. The highest BCUT2D eigenvalue weighted by molar-refractivity contribution is 6.10. The summed E-state index contributed by atoms with van der Waals surface area (Å²) in [4.78, 5) is 11.6. The topological polar surface area (TPSA) is 66.9 Å². The van der Waals surface area contributed by atoms with E-state index >= 15 is 0 Å². The third kappa shape index (κ3) is 2.16. The zero-order valence-electron chi connectivity index (χ0n) is 7.75. The Hall–Kier alpha value is -1.71. The van der Waals surface area contributed by atoms with Crippen LogP contribution >= 0.6 is 0 Å². The van der Waals surface area contributed by atoms with Gasteiger partial charge >= 0.3 is 0 Å². The molecule has 0 amide bonds. The first kappa shape index (κ1) is 10.4. The molecular formula is C10H11FN2O. The third-order valence-electron chi connectivity index (χ3n) is 1.99. The van der Waals surface area contributed by atoms with Crippen molar-refractivity contribution in [3.05, 3.63) is 35.6 Å². The minimum absolute atomic E-state index is 0.181. The molecule has 0 aromatic heterocycles. The average Bonchev–Trinajstić information content (AvgIpc) is 2.16. The van der Waals surface area contributed by atoms with Crippen molar-refractivity contribution in [2.75, 3.05) is 0 Å². The van der Waals surface area contributed by atoms with Gasteiger partial charge < -0.3 is 5.73 Å². The van der Waals surface area contributed by atoms with Crippen LogP contribution in [0.4, 0.5) is 4.39 Å². The van der Waals surface area contributed by atoms with E-state index in [1.54, 1.807) is 6.92 Å². The van der Waals surface area contributed by atoms with Gasteiger partial charge in [0.2, 0.25) is 0 Å². The Morgan fingerprint density at radius 2 is 1.93 bits per heavy atom. The number of Topliss-reactive ketones (excluding diaryl/α,β-unsaturated/α-hetero) is 1.